The van der Waals surface area contributed by atoms with E-state index in [0.29, 0.717) is 29.0 Å². The summed E-state index contributed by atoms with van der Waals surface area (Å²) >= 11 is 0. The summed E-state index contributed by atoms with van der Waals surface area (Å²) in [5.74, 6) is 2.46. The average molecular weight is 348 g/mol. The number of carbonyl (C=O) groups is 1. The molecular weight excluding hydrogens is 320 g/mol. The van der Waals surface area contributed by atoms with Gasteiger partial charge in [0.15, 0.2) is 11.5 Å². The minimum atomic E-state index is -0.0546. The van der Waals surface area contributed by atoms with Crippen molar-refractivity contribution in [2.75, 3.05) is 38.7 Å². The molecular formula is C19H28N2O4. The molecule has 25 heavy (non-hydrogen) atoms. The Morgan fingerprint density at radius 2 is 2.12 bits per heavy atom. The molecule has 2 aliphatic rings. The van der Waals surface area contributed by atoms with Gasteiger partial charge >= 0.3 is 6.03 Å². The largest absolute Gasteiger partial charge is 0.493 e. The fourth-order valence-electron chi connectivity index (χ4n) is 3.58. The molecule has 2 heterocycles. The fraction of sp³-hybridized carbons (Fsp3) is 0.632. The molecule has 0 radical (unpaired) electrons. The van der Waals surface area contributed by atoms with Crippen LogP contribution in [0.5, 0.6) is 11.5 Å². The summed E-state index contributed by atoms with van der Waals surface area (Å²) in [7, 11) is 1.60. The van der Waals surface area contributed by atoms with Gasteiger partial charge in [0, 0.05) is 38.1 Å². The Kier molecular flexibility index (Phi) is 5.68. The predicted molar refractivity (Wildman–Crippen MR) is 96.4 cm³/mol. The van der Waals surface area contributed by atoms with Gasteiger partial charge < -0.3 is 24.4 Å². The first kappa shape index (κ1) is 17.9. The molecule has 0 aromatic heterocycles. The van der Waals surface area contributed by atoms with Crippen molar-refractivity contribution >= 4 is 11.7 Å². The Bertz CT molecular complexity index is 599. The number of hydrogen-bond acceptors (Lipinski definition) is 4. The maximum Gasteiger partial charge on any atom is 0.321 e. The van der Waals surface area contributed by atoms with Crippen molar-refractivity contribution in [3.8, 4) is 11.5 Å². The van der Waals surface area contributed by atoms with Crippen LogP contribution < -0.4 is 14.8 Å². The lowest BCUT2D eigenvalue weighted by Gasteiger charge is -2.20. The second-order valence-corrected chi connectivity index (χ2v) is 7.08. The first-order valence-corrected chi connectivity index (χ1v) is 9.05. The third kappa shape index (κ3) is 4.37. The van der Waals surface area contributed by atoms with Crippen molar-refractivity contribution in [3.05, 3.63) is 18.2 Å². The van der Waals surface area contributed by atoms with Crippen molar-refractivity contribution in [3.63, 3.8) is 0 Å². The molecule has 2 aliphatic heterocycles. The summed E-state index contributed by atoms with van der Waals surface area (Å²) < 4.78 is 16.6. The lowest BCUT2D eigenvalue weighted by atomic mass is 9.91. The Morgan fingerprint density at radius 3 is 2.80 bits per heavy atom. The van der Waals surface area contributed by atoms with E-state index in [4.69, 9.17) is 14.2 Å². The van der Waals surface area contributed by atoms with Crippen LogP contribution in [0, 0.1) is 11.8 Å². The maximum absolute atomic E-state index is 12.5. The lowest BCUT2D eigenvalue weighted by molar-refractivity contribution is 0.171. The van der Waals surface area contributed by atoms with Crippen LogP contribution in [0.15, 0.2) is 18.2 Å². The SMILES string of the molecule is COc1cc(NC(=O)N2CC[C@@H]([C@H]3CCOC3)C2)ccc1OC(C)C. The zero-order valence-corrected chi connectivity index (χ0v) is 15.3. The van der Waals surface area contributed by atoms with Gasteiger partial charge in [0.05, 0.1) is 13.2 Å². The molecule has 1 N–H and O–H groups in total. The number of hydrogen-bond donors (Lipinski definition) is 1. The first-order valence-electron chi connectivity index (χ1n) is 9.05. The van der Waals surface area contributed by atoms with Crippen LogP contribution in [0.3, 0.4) is 0 Å². The van der Waals surface area contributed by atoms with Crippen molar-refractivity contribution in [1.82, 2.24) is 4.90 Å². The number of urea groups is 1. The summed E-state index contributed by atoms with van der Waals surface area (Å²) in [4.78, 5) is 14.4. The van der Waals surface area contributed by atoms with Crippen molar-refractivity contribution in [2.45, 2.75) is 32.8 Å². The van der Waals surface area contributed by atoms with E-state index in [1.807, 2.05) is 30.9 Å². The van der Waals surface area contributed by atoms with E-state index in [9.17, 15) is 4.79 Å². The quantitative estimate of drug-likeness (QED) is 0.886. The third-order valence-electron chi connectivity index (χ3n) is 4.92. The van der Waals surface area contributed by atoms with Gasteiger partial charge in [-0.25, -0.2) is 4.79 Å². The van der Waals surface area contributed by atoms with Gasteiger partial charge in [-0.15, -0.1) is 0 Å². The van der Waals surface area contributed by atoms with Crippen LogP contribution in [0.2, 0.25) is 0 Å². The van der Waals surface area contributed by atoms with Crippen LogP contribution in [0.1, 0.15) is 26.7 Å². The molecule has 6 heteroatoms. The van der Waals surface area contributed by atoms with Crippen molar-refractivity contribution < 1.29 is 19.0 Å². The molecule has 3 rings (SSSR count). The number of likely N-dealkylation sites (tertiary alicyclic amines) is 1. The number of methoxy groups -OCH3 is 1. The van der Waals surface area contributed by atoms with Gasteiger partial charge in [0.1, 0.15) is 0 Å². The number of anilines is 1. The summed E-state index contributed by atoms with van der Waals surface area (Å²) in [6.07, 6.45) is 2.25. The van der Waals surface area contributed by atoms with Crippen LogP contribution in [-0.4, -0.2) is 50.4 Å². The number of nitrogens with one attached hydrogen (secondary N) is 1. The third-order valence-corrected chi connectivity index (χ3v) is 4.92. The first-order chi connectivity index (χ1) is 12.1. The number of benzene rings is 1. The number of nitrogens with zero attached hydrogens (tertiary/aromatic N) is 1. The van der Waals surface area contributed by atoms with Crippen LogP contribution in [0.4, 0.5) is 10.5 Å². The van der Waals surface area contributed by atoms with E-state index in [0.717, 1.165) is 39.1 Å². The highest BCUT2D eigenvalue weighted by Crippen LogP contribution is 2.32. The average Bonchev–Trinajstić information content (AvgIpc) is 3.26. The minimum absolute atomic E-state index is 0.0546. The Balaban J connectivity index is 1.59. The molecule has 0 bridgehead atoms. The maximum atomic E-state index is 12.5. The highest BCUT2D eigenvalue weighted by atomic mass is 16.5. The van der Waals surface area contributed by atoms with Crippen LogP contribution in [-0.2, 0) is 4.74 Å². The zero-order chi connectivity index (χ0) is 17.8. The lowest BCUT2D eigenvalue weighted by Crippen LogP contribution is -2.33. The molecule has 2 fully saturated rings. The monoisotopic (exact) mass is 348 g/mol. The molecule has 6 nitrogen and oxygen atoms in total. The second kappa shape index (κ2) is 7.95. The van der Waals surface area contributed by atoms with E-state index in [1.54, 1.807) is 13.2 Å². The molecule has 138 valence electrons. The van der Waals surface area contributed by atoms with E-state index in [2.05, 4.69) is 5.32 Å². The van der Waals surface area contributed by atoms with Crippen molar-refractivity contribution in [1.29, 1.82) is 0 Å². The van der Waals surface area contributed by atoms with Crippen molar-refractivity contribution in [2.24, 2.45) is 11.8 Å². The number of rotatable bonds is 5. The van der Waals surface area contributed by atoms with Crippen LogP contribution >= 0.6 is 0 Å². The normalized spacial score (nSPS) is 23.1. The Morgan fingerprint density at radius 1 is 1.28 bits per heavy atom. The summed E-state index contributed by atoms with van der Waals surface area (Å²) in [6, 6.07) is 5.42. The minimum Gasteiger partial charge on any atom is -0.493 e. The highest BCUT2D eigenvalue weighted by molar-refractivity contribution is 5.90. The molecule has 0 unspecified atom stereocenters. The van der Waals surface area contributed by atoms with E-state index in [1.165, 1.54) is 0 Å². The van der Waals surface area contributed by atoms with E-state index >= 15 is 0 Å². The van der Waals surface area contributed by atoms with Gasteiger partial charge in [-0.3, -0.25) is 0 Å². The topological polar surface area (TPSA) is 60.0 Å². The van der Waals surface area contributed by atoms with Gasteiger partial charge in [-0.2, -0.15) is 0 Å². The number of amides is 2. The van der Waals surface area contributed by atoms with E-state index in [-0.39, 0.29) is 12.1 Å². The predicted octanol–water partition coefficient (Wildman–Crippen LogP) is 3.37. The van der Waals surface area contributed by atoms with Gasteiger partial charge in [-0.05, 0) is 50.7 Å². The molecule has 1 aromatic rings. The molecule has 1 aromatic carbocycles. The molecule has 2 amide bonds. The fourth-order valence-corrected chi connectivity index (χ4v) is 3.58. The molecule has 2 saturated heterocycles. The Hall–Kier alpha value is -1.95. The zero-order valence-electron chi connectivity index (χ0n) is 15.3. The molecule has 2 atom stereocenters. The highest BCUT2D eigenvalue weighted by Gasteiger charge is 2.33. The van der Waals surface area contributed by atoms with E-state index < -0.39 is 0 Å². The smallest absolute Gasteiger partial charge is 0.321 e. The summed E-state index contributed by atoms with van der Waals surface area (Å²) in [5, 5.41) is 2.97. The van der Waals surface area contributed by atoms with Gasteiger partial charge in [-0.1, -0.05) is 0 Å². The second-order valence-electron chi connectivity index (χ2n) is 7.08. The summed E-state index contributed by atoms with van der Waals surface area (Å²) in [6.45, 7) is 7.25. The number of ether oxygens (including phenoxy) is 3. The number of carbonyl (C=O) groups excluding carboxylic acids is 1. The molecule has 0 aliphatic carbocycles. The summed E-state index contributed by atoms with van der Waals surface area (Å²) in [5.41, 5.74) is 0.714. The van der Waals surface area contributed by atoms with Gasteiger partial charge in [0.2, 0.25) is 0 Å². The Labute approximate surface area is 149 Å². The molecule has 0 spiro atoms. The molecule has 0 saturated carbocycles. The van der Waals surface area contributed by atoms with Gasteiger partial charge in [0.25, 0.3) is 0 Å². The standard InChI is InChI=1S/C19H28N2O4/c1-13(2)25-17-5-4-16(10-18(17)23-3)20-19(22)21-8-6-14(11-21)15-7-9-24-12-15/h4-5,10,13-15H,6-9,11-12H2,1-3H3,(H,20,22)/t14-,15+/m1/s1. The van der Waals surface area contributed by atoms with Crippen LogP contribution in [0.25, 0.3) is 0 Å².